The largest absolute Gasteiger partial charge is 0.394 e. The number of amides is 1. The molecule has 3 N–H and O–H groups in total. The fourth-order valence-electron chi connectivity index (χ4n) is 4.75. The van der Waals surface area contributed by atoms with Crippen LogP contribution in [0, 0.1) is 10.8 Å². The number of aromatic nitrogens is 5. The summed E-state index contributed by atoms with van der Waals surface area (Å²) in [4.78, 5) is 19.7. The number of alkyl halides is 2. The van der Waals surface area contributed by atoms with Gasteiger partial charge in [0.2, 0.25) is 0 Å². The van der Waals surface area contributed by atoms with E-state index in [1.54, 1.807) is 47.1 Å². The number of aliphatic hydroxyl groups excluding tert-OH is 1. The lowest BCUT2D eigenvalue weighted by Crippen LogP contribution is -2.48. The van der Waals surface area contributed by atoms with Crippen molar-refractivity contribution in [3.8, 4) is 22.5 Å². The molecule has 0 fully saturated rings. The third kappa shape index (κ3) is 8.01. The number of carbonyl (C=O) groups excluding carboxylic acids is 1. The Hall–Kier alpha value is -3.97. The Bertz CT molecular complexity index is 1650. The average Bonchev–Trinajstić information content (AvgIpc) is 3.66. The number of nitrogens with one attached hydrogen (secondary N) is 2. The van der Waals surface area contributed by atoms with Crippen LogP contribution in [0.3, 0.4) is 0 Å². The van der Waals surface area contributed by atoms with Gasteiger partial charge in [-0.15, -0.1) is 0 Å². The molecule has 0 spiro atoms. The maximum absolute atomic E-state index is 14.1. The van der Waals surface area contributed by atoms with E-state index in [2.05, 4.69) is 41.3 Å². The van der Waals surface area contributed by atoms with Crippen LogP contribution in [0.4, 0.5) is 8.78 Å². The molecule has 0 saturated heterocycles. The highest BCUT2D eigenvalue weighted by Gasteiger charge is 2.31. The summed E-state index contributed by atoms with van der Waals surface area (Å²) in [6.45, 7) is 3.41. The van der Waals surface area contributed by atoms with E-state index < -0.39 is 30.3 Å². The number of nitrogens with zero attached hydrogens (tertiary/aromatic N) is 6. The highest BCUT2D eigenvalue weighted by atomic mass is 35.5. The number of carbonyl (C=O) groups is 1. The van der Waals surface area contributed by atoms with Crippen LogP contribution in [0.2, 0.25) is 5.02 Å². The number of aliphatic hydroxyl groups is 1. The lowest BCUT2D eigenvalue weighted by Gasteiger charge is -2.32. The quantitative estimate of drug-likeness (QED) is 0.140. The summed E-state index contributed by atoms with van der Waals surface area (Å²) in [7, 11) is 5.96. The normalized spacial score (nSPS) is 12.7. The maximum atomic E-state index is 14.1. The summed E-state index contributed by atoms with van der Waals surface area (Å²) in [6.07, 6.45) is 4.73. The van der Waals surface area contributed by atoms with Crippen LogP contribution in [0.15, 0.2) is 61.2 Å². The summed E-state index contributed by atoms with van der Waals surface area (Å²) in [5, 5.41) is 30.8. The molecule has 4 aromatic rings. The van der Waals surface area contributed by atoms with Crippen LogP contribution >= 0.6 is 11.6 Å². The second kappa shape index (κ2) is 13.6. The molecule has 10 nitrogen and oxygen atoms in total. The maximum Gasteiger partial charge on any atom is 0.333 e. The predicted octanol–water partition coefficient (Wildman–Crippen LogP) is 2.46. The van der Waals surface area contributed by atoms with Crippen molar-refractivity contribution >= 4 is 47.0 Å². The molecule has 0 aliphatic heterocycles. The van der Waals surface area contributed by atoms with Gasteiger partial charge in [-0.3, -0.25) is 19.8 Å². The van der Waals surface area contributed by atoms with Crippen LogP contribution in [-0.4, -0.2) is 83.1 Å². The van der Waals surface area contributed by atoms with Gasteiger partial charge in [0.25, 0.3) is 5.91 Å². The van der Waals surface area contributed by atoms with E-state index in [0.717, 1.165) is 6.42 Å². The molecule has 0 aliphatic rings. The number of rotatable bonds is 10. The minimum atomic E-state index is -2.77. The Balaban J connectivity index is 1.72. The molecule has 2 heterocycles. The van der Waals surface area contributed by atoms with Crippen LogP contribution in [0.1, 0.15) is 55.7 Å². The highest BCUT2D eigenvalue weighted by molar-refractivity contribution is 6.56. The van der Waals surface area contributed by atoms with Crippen molar-refractivity contribution in [2.45, 2.75) is 45.0 Å². The van der Waals surface area contributed by atoms with Crippen molar-refractivity contribution in [3.05, 3.63) is 77.3 Å². The monoisotopic (exact) mass is 634 g/mol. The van der Waals surface area contributed by atoms with Gasteiger partial charge in [0.15, 0.2) is 11.8 Å². The molecule has 1 atom stereocenters. The Kier molecular flexibility index (Phi) is 10.2. The summed E-state index contributed by atoms with van der Waals surface area (Å²) >= 11 is 6.63. The Labute approximate surface area is 268 Å². The summed E-state index contributed by atoms with van der Waals surface area (Å²) in [5.41, 5.74) is 2.38. The van der Waals surface area contributed by atoms with Crippen molar-refractivity contribution in [1.82, 2.24) is 34.8 Å². The molecule has 0 unspecified atom stereocenters. The van der Waals surface area contributed by atoms with Gasteiger partial charge >= 0.3 is 6.55 Å². The second-order valence-corrected chi connectivity index (χ2v) is 13.3. The van der Waals surface area contributed by atoms with Gasteiger partial charge in [0, 0.05) is 29.4 Å². The molecule has 4 rings (SSSR count). The van der Waals surface area contributed by atoms with Crippen molar-refractivity contribution in [2.75, 3.05) is 13.2 Å². The van der Waals surface area contributed by atoms with Crippen molar-refractivity contribution in [3.63, 3.8) is 0 Å². The van der Waals surface area contributed by atoms with Gasteiger partial charge in [-0.1, -0.05) is 50.6 Å². The zero-order valence-corrected chi connectivity index (χ0v) is 27.0. The first-order valence-corrected chi connectivity index (χ1v) is 14.9. The van der Waals surface area contributed by atoms with Crippen LogP contribution < -0.4 is 5.32 Å². The van der Waals surface area contributed by atoms with E-state index in [-0.39, 0.29) is 16.9 Å². The minimum absolute atomic E-state index is 0.0134. The topological polar surface area (TPSA) is 125 Å². The third-order valence-electron chi connectivity index (χ3n) is 7.18. The van der Waals surface area contributed by atoms with Crippen molar-refractivity contribution in [2.24, 2.45) is 5.41 Å². The zero-order valence-electron chi connectivity index (χ0n) is 26.2. The average molecular weight is 635 g/mol. The molecular formula is C29H36B3ClF2N8O2. The molecule has 1 amide bonds. The molecule has 16 heteroatoms. The molecule has 45 heavy (non-hydrogen) atoms. The van der Waals surface area contributed by atoms with Gasteiger partial charge in [0.05, 0.1) is 23.9 Å². The zero-order chi connectivity index (χ0) is 33.1. The standard InChI is InChI=1S/C29H36B3ClF2N8O2/c1-28(2,3)10-11-37-27(36)42(25(45)18-6-4-17(5-7-18)20-13-39-41(14-20)26(34)35)23(15-44)19-8-9-22(33)21(12-19)24-38-16-40-43(24)29(30,31)32/h4-9,12-14,16,23,26,44H,10-11,15,30-32H2,1-3H3,(H2,36,37)/t23-/m1/s1. The summed E-state index contributed by atoms with van der Waals surface area (Å²) < 4.78 is 28.3. The van der Waals surface area contributed by atoms with E-state index in [9.17, 15) is 18.7 Å². The predicted molar refractivity (Wildman–Crippen MR) is 179 cm³/mol. The van der Waals surface area contributed by atoms with E-state index in [0.29, 0.717) is 44.3 Å². The molecule has 2 aromatic heterocycles. The Morgan fingerprint density at radius 3 is 2.38 bits per heavy atom. The second-order valence-electron chi connectivity index (χ2n) is 12.9. The fraction of sp³-hybridized carbons (Fsp3) is 0.345. The van der Waals surface area contributed by atoms with Gasteiger partial charge in [-0.05, 0) is 52.5 Å². The van der Waals surface area contributed by atoms with Gasteiger partial charge in [0.1, 0.15) is 29.9 Å². The van der Waals surface area contributed by atoms with Crippen LogP contribution in [0.25, 0.3) is 22.5 Å². The lowest BCUT2D eigenvalue weighted by atomic mass is 9.49. The Morgan fingerprint density at radius 1 is 1.11 bits per heavy atom. The molecule has 0 bridgehead atoms. The highest BCUT2D eigenvalue weighted by Crippen LogP contribution is 2.33. The number of hydrogen-bond acceptors (Lipinski definition) is 6. The number of halogens is 3. The smallest absolute Gasteiger partial charge is 0.333 e. The number of hydrogen-bond donors (Lipinski definition) is 3. The van der Waals surface area contributed by atoms with Crippen molar-refractivity contribution < 1.29 is 18.7 Å². The first kappa shape index (κ1) is 33.9. The summed E-state index contributed by atoms with van der Waals surface area (Å²) in [5.74, 6) is -0.195. The molecule has 0 saturated carbocycles. The van der Waals surface area contributed by atoms with Crippen LogP contribution in [0.5, 0.6) is 0 Å². The third-order valence-corrected chi connectivity index (χ3v) is 7.51. The van der Waals surface area contributed by atoms with E-state index in [4.69, 9.17) is 17.0 Å². The Morgan fingerprint density at radius 2 is 1.80 bits per heavy atom. The molecular weight excluding hydrogens is 598 g/mol. The lowest BCUT2D eigenvalue weighted by molar-refractivity contribution is 0.0566. The number of guanidine groups is 1. The van der Waals surface area contributed by atoms with E-state index in [1.807, 2.05) is 23.5 Å². The van der Waals surface area contributed by atoms with Gasteiger partial charge in [-0.2, -0.15) is 19.0 Å². The minimum Gasteiger partial charge on any atom is -0.394 e. The SMILES string of the molecule is BC(B)(B)n1ncnc1-c1cc([C@@H](CO)N(C(=N)NCCC(C)(C)C)C(=O)c2ccc(-c3cnn(C(F)F)c3)cc2)ccc1Cl. The molecule has 0 aliphatic carbocycles. The van der Waals surface area contributed by atoms with Gasteiger partial charge in [-0.25, -0.2) is 9.67 Å². The summed E-state index contributed by atoms with van der Waals surface area (Å²) in [6, 6.07) is 10.5. The van der Waals surface area contributed by atoms with Crippen molar-refractivity contribution in [1.29, 1.82) is 5.41 Å². The molecule has 0 radical (unpaired) electrons. The fourth-order valence-corrected chi connectivity index (χ4v) is 4.95. The first-order valence-electron chi connectivity index (χ1n) is 14.5. The van der Waals surface area contributed by atoms with E-state index in [1.165, 1.54) is 23.6 Å². The first-order chi connectivity index (χ1) is 21.1. The molecule has 2 aromatic carbocycles. The van der Waals surface area contributed by atoms with Crippen LogP contribution in [-0.2, 0) is 5.24 Å². The number of benzene rings is 2. The van der Waals surface area contributed by atoms with E-state index >= 15 is 0 Å². The van der Waals surface area contributed by atoms with Gasteiger partial charge < -0.3 is 10.4 Å². The molecule has 234 valence electrons.